The average Bonchev–Trinajstić information content (AvgIpc) is 3.18. The molecule has 160 valence electrons. The van der Waals surface area contributed by atoms with Crippen molar-refractivity contribution in [3.63, 3.8) is 0 Å². The van der Waals surface area contributed by atoms with Gasteiger partial charge in [0.1, 0.15) is 0 Å². The summed E-state index contributed by atoms with van der Waals surface area (Å²) in [6, 6.07) is 19.9. The summed E-state index contributed by atoms with van der Waals surface area (Å²) in [5.41, 5.74) is 13.4. The molecule has 1 aliphatic rings. The second kappa shape index (κ2) is 9.44. The van der Waals surface area contributed by atoms with Crippen LogP contribution in [0.15, 0.2) is 60.7 Å². The Morgan fingerprint density at radius 1 is 0.935 bits per heavy atom. The summed E-state index contributed by atoms with van der Waals surface area (Å²) in [4.78, 5) is 14.8. The minimum Gasteiger partial charge on any atom is -0.333 e. The highest BCUT2D eigenvalue weighted by Crippen LogP contribution is 2.26. The minimum atomic E-state index is -0.631. The van der Waals surface area contributed by atoms with E-state index < -0.39 is 6.04 Å². The summed E-state index contributed by atoms with van der Waals surface area (Å²) in [6.07, 6.45) is 2.39. The number of carbonyl (C=O) groups excluding carboxylic acids is 1. The van der Waals surface area contributed by atoms with Crippen LogP contribution in [-0.2, 0) is 37.1 Å². The number of hydrogen-bond acceptors (Lipinski definition) is 2. The van der Waals surface area contributed by atoms with Crippen molar-refractivity contribution in [2.75, 3.05) is 0 Å². The molecule has 0 spiro atoms. The first kappa shape index (κ1) is 21.9. The number of amides is 1. The fourth-order valence-corrected chi connectivity index (χ4v) is 4.53. The maximum absolute atomic E-state index is 13.0. The van der Waals surface area contributed by atoms with Crippen molar-refractivity contribution < 1.29 is 4.79 Å². The van der Waals surface area contributed by atoms with Crippen molar-refractivity contribution in [3.05, 3.63) is 104 Å². The molecule has 1 amide bonds. The molecule has 0 aromatic heterocycles. The number of rotatable bonds is 6. The van der Waals surface area contributed by atoms with Gasteiger partial charge in [0.05, 0.1) is 6.04 Å². The monoisotopic (exact) mass is 452 g/mol. The molecule has 2 N–H and O–H groups in total. The van der Waals surface area contributed by atoms with Gasteiger partial charge in [0.15, 0.2) is 0 Å². The number of hydrogen-bond donors (Lipinski definition) is 1. The molecule has 1 unspecified atom stereocenters. The molecule has 0 bridgehead atoms. The van der Waals surface area contributed by atoms with Gasteiger partial charge in [-0.2, -0.15) is 0 Å². The number of benzene rings is 3. The lowest BCUT2D eigenvalue weighted by atomic mass is 10.00. The Morgan fingerprint density at radius 2 is 1.61 bits per heavy atom. The average molecular weight is 453 g/mol. The molecule has 3 aromatic carbocycles. The van der Waals surface area contributed by atoms with Gasteiger partial charge < -0.3 is 10.6 Å². The zero-order chi connectivity index (χ0) is 22.0. The van der Waals surface area contributed by atoms with E-state index in [9.17, 15) is 4.79 Å². The normalized spacial score (nSPS) is 13.9. The SMILES string of the molecule is Cc1ccc(CCc2ccc3c(c2)CN(C(=O)C(N)Cc2ccc(Cl)cc2Cl)C3)cc1. The number of carbonyl (C=O) groups is 1. The van der Waals surface area contributed by atoms with Crippen LogP contribution in [0.2, 0.25) is 10.0 Å². The van der Waals surface area contributed by atoms with Crippen molar-refractivity contribution in [1.29, 1.82) is 0 Å². The fourth-order valence-electron chi connectivity index (χ4n) is 4.05. The van der Waals surface area contributed by atoms with Crippen LogP contribution in [0.1, 0.15) is 33.4 Å². The summed E-state index contributed by atoms with van der Waals surface area (Å²) in [7, 11) is 0. The first-order valence-corrected chi connectivity index (χ1v) is 11.3. The van der Waals surface area contributed by atoms with Gasteiger partial charge in [-0.05, 0) is 66.1 Å². The highest BCUT2D eigenvalue weighted by Gasteiger charge is 2.27. The maximum atomic E-state index is 13.0. The van der Waals surface area contributed by atoms with Crippen molar-refractivity contribution >= 4 is 29.1 Å². The molecule has 3 aromatic rings. The Balaban J connectivity index is 1.37. The van der Waals surface area contributed by atoms with Crippen LogP contribution in [0.5, 0.6) is 0 Å². The highest BCUT2D eigenvalue weighted by molar-refractivity contribution is 6.35. The van der Waals surface area contributed by atoms with Crippen molar-refractivity contribution in [2.45, 2.75) is 45.3 Å². The molecule has 0 fully saturated rings. The number of nitrogens with zero attached hydrogens (tertiary/aromatic N) is 1. The molecule has 5 heteroatoms. The summed E-state index contributed by atoms with van der Waals surface area (Å²) >= 11 is 12.2. The van der Waals surface area contributed by atoms with Gasteiger partial charge in [-0.1, -0.05) is 77.3 Å². The Morgan fingerprint density at radius 3 is 2.35 bits per heavy atom. The van der Waals surface area contributed by atoms with E-state index in [2.05, 4.69) is 49.4 Å². The second-order valence-electron chi connectivity index (χ2n) is 8.33. The van der Waals surface area contributed by atoms with E-state index in [0.717, 1.165) is 18.4 Å². The Bertz CT molecular complexity index is 1100. The molecule has 0 saturated heterocycles. The van der Waals surface area contributed by atoms with Crippen LogP contribution in [-0.4, -0.2) is 16.8 Å². The van der Waals surface area contributed by atoms with Gasteiger partial charge in [0.2, 0.25) is 5.91 Å². The van der Waals surface area contributed by atoms with E-state index >= 15 is 0 Å². The third kappa shape index (κ3) is 5.30. The Kier molecular flexibility index (Phi) is 6.66. The molecular formula is C26H26Cl2N2O. The molecule has 31 heavy (non-hydrogen) atoms. The van der Waals surface area contributed by atoms with Crippen molar-refractivity contribution in [1.82, 2.24) is 4.90 Å². The predicted octanol–water partition coefficient (Wildman–Crippen LogP) is 5.50. The fraction of sp³-hybridized carbons (Fsp3) is 0.269. The van der Waals surface area contributed by atoms with E-state index in [-0.39, 0.29) is 5.91 Å². The van der Waals surface area contributed by atoms with Gasteiger partial charge in [-0.15, -0.1) is 0 Å². The quantitative estimate of drug-likeness (QED) is 0.536. The molecule has 0 aliphatic carbocycles. The standard InChI is InChI=1S/C26H26Cl2N2O/c1-17-2-4-18(5-3-17)6-7-19-8-9-21-15-30(16-22(21)12-19)26(31)25(29)13-20-10-11-23(27)14-24(20)28/h2-5,8-12,14,25H,6-7,13,15-16,29H2,1H3. The first-order valence-electron chi connectivity index (χ1n) is 10.5. The summed E-state index contributed by atoms with van der Waals surface area (Å²) in [5, 5.41) is 1.11. The summed E-state index contributed by atoms with van der Waals surface area (Å²) in [6.45, 7) is 3.32. The molecule has 0 saturated carbocycles. The minimum absolute atomic E-state index is 0.0524. The largest absolute Gasteiger partial charge is 0.333 e. The maximum Gasteiger partial charge on any atom is 0.240 e. The van der Waals surface area contributed by atoms with E-state index in [1.165, 1.54) is 27.8 Å². The Hall–Kier alpha value is -2.33. The second-order valence-corrected chi connectivity index (χ2v) is 9.17. The number of fused-ring (bicyclic) bond motifs is 1. The van der Waals surface area contributed by atoms with E-state index in [1.807, 2.05) is 11.0 Å². The molecule has 1 aliphatic heterocycles. The molecule has 1 atom stereocenters. The zero-order valence-corrected chi connectivity index (χ0v) is 19.1. The van der Waals surface area contributed by atoms with Crippen molar-refractivity contribution in [3.8, 4) is 0 Å². The molecule has 1 heterocycles. The van der Waals surface area contributed by atoms with Crippen LogP contribution in [0.3, 0.4) is 0 Å². The van der Waals surface area contributed by atoms with Crippen LogP contribution in [0, 0.1) is 6.92 Å². The third-order valence-corrected chi connectivity index (χ3v) is 6.49. The number of halogens is 2. The zero-order valence-electron chi connectivity index (χ0n) is 17.6. The number of nitrogens with two attached hydrogens (primary N) is 1. The number of aryl methyl sites for hydroxylation is 3. The third-order valence-electron chi connectivity index (χ3n) is 5.90. The van der Waals surface area contributed by atoms with Crippen LogP contribution in [0.25, 0.3) is 0 Å². The van der Waals surface area contributed by atoms with Crippen LogP contribution < -0.4 is 5.73 Å². The van der Waals surface area contributed by atoms with Gasteiger partial charge in [-0.3, -0.25) is 4.79 Å². The lowest BCUT2D eigenvalue weighted by molar-refractivity contribution is -0.133. The first-order chi connectivity index (χ1) is 14.9. The van der Waals surface area contributed by atoms with Gasteiger partial charge in [-0.25, -0.2) is 0 Å². The molecular weight excluding hydrogens is 427 g/mol. The summed E-state index contributed by atoms with van der Waals surface area (Å²) in [5.74, 6) is -0.0524. The van der Waals surface area contributed by atoms with Gasteiger partial charge >= 0.3 is 0 Å². The van der Waals surface area contributed by atoms with E-state index in [1.54, 1.807) is 12.1 Å². The lowest BCUT2D eigenvalue weighted by Gasteiger charge is -2.20. The van der Waals surface area contributed by atoms with Gasteiger partial charge in [0, 0.05) is 23.1 Å². The Labute approximate surface area is 193 Å². The molecule has 4 rings (SSSR count). The smallest absolute Gasteiger partial charge is 0.240 e. The van der Waals surface area contributed by atoms with E-state index in [0.29, 0.717) is 29.6 Å². The van der Waals surface area contributed by atoms with Crippen LogP contribution in [0.4, 0.5) is 0 Å². The van der Waals surface area contributed by atoms with E-state index in [4.69, 9.17) is 28.9 Å². The van der Waals surface area contributed by atoms with Gasteiger partial charge in [0.25, 0.3) is 0 Å². The van der Waals surface area contributed by atoms with Crippen molar-refractivity contribution in [2.24, 2.45) is 5.73 Å². The lowest BCUT2D eigenvalue weighted by Crippen LogP contribution is -2.42. The predicted molar refractivity (Wildman–Crippen MR) is 127 cm³/mol. The molecule has 0 radical (unpaired) electrons. The topological polar surface area (TPSA) is 46.3 Å². The molecule has 3 nitrogen and oxygen atoms in total. The summed E-state index contributed by atoms with van der Waals surface area (Å²) < 4.78 is 0. The van der Waals surface area contributed by atoms with Crippen LogP contribution >= 0.6 is 23.2 Å². The highest BCUT2D eigenvalue weighted by atomic mass is 35.5.